The number of para-hydroxylation sites is 3. The van der Waals surface area contributed by atoms with Gasteiger partial charge in [-0.2, -0.15) is 9.97 Å². The molecule has 0 fully saturated rings. The van der Waals surface area contributed by atoms with E-state index in [1.807, 2.05) is 79.0 Å². The maximum Gasteiger partial charge on any atom is 0.238 e. The maximum absolute atomic E-state index is 5.09. The summed E-state index contributed by atoms with van der Waals surface area (Å²) in [7, 11) is 0. The Balaban J connectivity index is 1.23. The van der Waals surface area contributed by atoms with Crippen LogP contribution in [-0.4, -0.2) is 29.1 Å². The van der Waals surface area contributed by atoms with Gasteiger partial charge in [-0.25, -0.2) is 9.97 Å². The van der Waals surface area contributed by atoms with Crippen LogP contribution in [-0.2, 0) is 0 Å². The zero-order chi connectivity index (χ0) is 33.0. The summed E-state index contributed by atoms with van der Waals surface area (Å²) in [6.45, 7) is 0. The Morgan fingerprint density at radius 3 is 1.76 bits per heavy atom. The highest BCUT2D eigenvalue weighted by atomic mass is 15.2. The third kappa shape index (κ3) is 4.43. The fourth-order valence-electron chi connectivity index (χ4n) is 7.21. The highest BCUT2D eigenvalue weighted by molar-refractivity contribution is 6.15. The van der Waals surface area contributed by atoms with Crippen molar-refractivity contribution in [2.75, 3.05) is 0 Å². The zero-order valence-electron chi connectivity index (χ0n) is 26.8. The van der Waals surface area contributed by atoms with Gasteiger partial charge in [0.05, 0.1) is 16.6 Å². The second kappa shape index (κ2) is 11.4. The summed E-state index contributed by atoms with van der Waals surface area (Å²) in [5, 5.41) is 4.55. The minimum absolute atomic E-state index is 0.578. The zero-order valence-corrected chi connectivity index (χ0v) is 26.8. The predicted molar refractivity (Wildman–Crippen MR) is 203 cm³/mol. The van der Waals surface area contributed by atoms with E-state index in [2.05, 4.69) is 100 Å². The van der Waals surface area contributed by atoms with Gasteiger partial charge in [0.25, 0.3) is 0 Å². The number of benzene rings is 6. The Labute approximate surface area is 287 Å². The maximum atomic E-state index is 5.09. The number of nitrogens with zero attached hydrogens (tertiary/aromatic N) is 6. The lowest BCUT2D eigenvalue weighted by atomic mass is 10.00. The van der Waals surface area contributed by atoms with E-state index in [1.54, 1.807) is 0 Å². The summed E-state index contributed by atoms with van der Waals surface area (Å²) < 4.78 is 4.45. The molecule has 4 aromatic heterocycles. The molecule has 10 rings (SSSR count). The lowest BCUT2D eigenvalue weighted by Crippen LogP contribution is -2.06. The van der Waals surface area contributed by atoms with Gasteiger partial charge in [0.15, 0.2) is 11.6 Å². The van der Waals surface area contributed by atoms with Gasteiger partial charge in [0.1, 0.15) is 5.65 Å². The first-order valence-corrected chi connectivity index (χ1v) is 16.7. The van der Waals surface area contributed by atoms with Crippen LogP contribution in [0.3, 0.4) is 0 Å². The van der Waals surface area contributed by atoms with Crippen molar-refractivity contribution >= 4 is 43.7 Å². The molecule has 50 heavy (non-hydrogen) atoms. The van der Waals surface area contributed by atoms with Gasteiger partial charge in [0, 0.05) is 50.1 Å². The average Bonchev–Trinajstić information content (AvgIpc) is 3.71. The van der Waals surface area contributed by atoms with Gasteiger partial charge in [0.2, 0.25) is 5.95 Å². The standard InChI is InChI=1S/C44H28N6/c1-4-14-29(15-5-1)41-46-42(30-16-6-2-7-17-30)48-44(47-41)50-38-24-11-10-20-34(38)37-28-31(25-26-39(37)50)33-21-12-22-35-36-23-13-27-45-43(36)49(40(33)35)32-18-8-3-9-19-32/h1-28H. The van der Waals surface area contributed by atoms with Crippen LogP contribution in [0, 0.1) is 0 Å². The summed E-state index contributed by atoms with van der Waals surface area (Å²) in [6, 6.07) is 56.6. The van der Waals surface area contributed by atoms with Gasteiger partial charge in [-0.05, 0) is 48.0 Å². The van der Waals surface area contributed by atoms with E-state index >= 15 is 0 Å². The van der Waals surface area contributed by atoms with Gasteiger partial charge in [-0.15, -0.1) is 0 Å². The smallest absolute Gasteiger partial charge is 0.238 e. The monoisotopic (exact) mass is 640 g/mol. The normalized spacial score (nSPS) is 11.6. The van der Waals surface area contributed by atoms with Crippen LogP contribution in [0.4, 0.5) is 0 Å². The van der Waals surface area contributed by atoms with E-state index in [0.29, 0.717) is 17.6 Å². The predicted octanol–water partition coefficient (Wildman–Crippen LogP) is 10.5. The lowest BCUT2D eigenvalue weighted by molar-refractivity contribution is 0.953. The fraction of sp³-hybridized carbons (Fsp3) is 0. The molecule has 6 nitrogen and oxygen atoms in total. The molecular formula is C44H28N6. The molecule has 0 amide bonds. The van der Waals surface area contributed by atoms with E-state index in [9.17, 15) is 0 Å². The first-order valence-electron chi connectivity index (χ1n) is 16.7. The van der Waals surface area contributed by atoms with E-state index < -0.39 is 0 Å². The molecule has 0 aliphatic rings. The van der Waals surface area contributed by atoms with Gasteiger partial charge >= 0.3 is 0 Å². The van der Waals surface area contributed by atoms with E-state index in [-0.39, 0.29) is 0 Å². The van der Waals surface area contributed by atoms with Gasteiger partial charge < -0.3 is 0 Å². The fourth-order valence-corrected chi connectivity index (χ4v) is 7.21. The van der Waals surface area contributed by atoms with Crippen LogP contribution in [0.1, 0.15) is 0 Å². The highest BCUT2D eigenvalue weighted by Crippen LogP contribution is 2.40. The van der Waals surface area contributed by atoms with Crippen molar-refractivity contribution in [3.63, 3.8) is 0 Å². The van der Waals surface area contributed by atoms with Crippen molar-refractivity contribution in [3.05, 3.63) is 170 Å². The molecule has 0 aliphatic heterocycles. The van der Waals surface area contributed by atoms with Crippen molar-refractivity contribution in [3.8, 4) is 45.5 Å². The van der Waals surface area contributed by atoms with Crippen molar-refractivity contribution < 1.29 is 0 Å². The van der Waals surface area contributed by atoms with E-state index in [1.165, 1.54) is 5.39 Å². The van der Waals surface area contributed by atoms with Crippen LogP contribution in [0.25, 0.3) is 89.3 Å². The minimum atomic E-state index is 0.578. The van der Waals surface area contributed by atoms with Crippen molar-refractivity contribution in [1.29, 1.82) is 0 Å². The van der Waals surface area contributed by atoms with Crippen LogP contribution in [0.15, 0.2) is 170 Å². The molecule has 0 spiro atoms. The number of rotatable bonds is 5. The molecule has 0 N–H and O–H groups in total. The molecule has 0 radical (unpaired) electrons. The van der Waals surface area contributed by atoms with Crippen LogP contribution in [0.5, 0.6) is 0 Å². The molecule has 6 heteroatoms. The Kier molecular flexibility index (Phi) is 6.39. The average molecular weight is 641 g/mol. The molecule has 0 saturated heterocycles. The molecule has 6 aromatic carbocycles. The summed E-state index contributed by atoms with van der Waals surface area (Å²) >= 11 is 0. The molecule has 0 saturated carbocycles. The van der Waals surface area contributed by atoms with Gasteiger partial charge in [-0.1, -0.05) is 121 Å². The Hall–Kier alpha value is -6.92. The Morgan fingerprint density at radius 1 is 0.400 bits per heavy atom. The van der Waals surface area contributed by atoms with Crippen molar-refractivity contribution in [2.24, 2.45) is 0 Å². The number of hydrogen-bond donors (Lipinski definition) is 0. The van der Waals surface area contributed by atoms with Gasteiger partial charge in [-0.3, -0.25) is 9.13 Å². The molecule has 234 valence electrons. The van der Waals surface area contributed by atoms with Crippen LogP contribution < -0.4 is 0 Å². The number of hydrogen-bond acceptors (Lipinski definition) is 4. The summed E-state index contributed by atoms with van der Waals surface area (Å²) in [5.74, 6) is 1.84. The second-order valence-electron chi connectivity index (χ2n) is 12.3. The molecular weight excluding hydrogens is 613 g/mol. The van der Waals surface area contributed by atoms with Crippen LogP contribution in [0.2, 0.25) is 0 Å². The third-order valence-corrected chi connectivity index (χ3v) is 9.43. The number of fused-ring (bicyclic) bond motifs is 6. The Bertz CT molecular complexity index is 2800. The third-order valence-electron chi connectivity index (χ3n) is 9.43. The van der Waals surface area contributed by atoms with E-state index in [4.69, 9.17) is 19.9 Å². The summed E-state index contributed by atoms with van der Waals surface area (Å²) in [4.78, 5) is 20.0. The number of aromatic nitrogens is 6. The molecule has 0 unspecified atom stereocenters. The second-order valence-corrected chi connectivity index (χ2v) is 12.3. The summed E-state index contributed by atoms with van der Waals surface area (Å²) in [6.07, 6.45) is 1.87. The summed E-state index contributed by atoms with van der Waals surface area (Å²) in [5.41, 5.74) is 9.35. The molecule has 0 bridgehead atoms. The topological polar surface area (TPSA) is 61.4 Å². The first-order chi connectivity index (χ1) is 24.8. The first kappa shape index (κ1) is 28.1. The van der Waals surface area contributed by atoms with Crippen LogP contribution >= 0.6 is 0 Å². The quantitative estimate of drug-likeness (QED) is 0.188. The highest BCUT2D eigenvalue weighted by Gasteiger charge is 2.20. The molecule has 10 aromatic rings. The largest absolute Gasteiger partial charge is 0.293 e. The SMILES string of the molecule is c1ccc(-c2nc(-c3ccccc3)nc(-n3c4ccccc4c4cc(-c5cccc6c7cccnc7n(-c7ccccc7)c56)ccc43)n2)cc1. The molecule has 4 heterocycles. The van der Waals surface area contributed by atoms with E-state index in [0.717, 1.165) is 66.3 Å². The Morgan fingerprint density at radius 2 is 1.02 bits per heavy atom. The lowest BCUT2D eigenvalue weighted by Gasteiger charge is -2.12. The minimum Gasteiger partial charge on any atom is -0.293 e. The van der Waals surface area contributed by atoms with Crippen molar-refractivity contribution in [1.82, 2.24) is 29.1 Å². The van der Waals surface area contributed by atoms with Crippen molar-refractivity contribution in [2.45, 2.75) is 0 Å². The molecule has 0 aliphatic carbocycles. The number of pyridine rings is 1. The molecule has 0 atom stereocenters.